The molecule has 3 atom stereocenters. The van der Waals surface area contributed by atoms with E-state index in [1.165, 1.54) is 0 Å². The van der Waals surface area contributed by atoms with Crippen LogP contribution in [-0.4, -0.2) is 41.3 Å². The van der Waals surface area contributed by atoms with Gasteiger partial charge < -0.3 is 0 Å². The molecule has 132 valence electrons. The Balaban J connectivity index is 3.85. The van der Waals surface area contributed by atoms with Crippen molar-refractivity contribution >= 4 is 0 Å². The number of halogens is 12. The first kappa shape index (κ1) is 19.2. The van der Waals surface area contributed by atoms with E-state index < -0.39 is 55.2 Å². The molecule has 1 aliphatic heterocycles. The minimum atomic E-state index is -7.02. The highest BCUT2D eigenvalue weighted by molar-refractivity contribution is 5.25. The lowest BCUT2D eigenvalue weighted by molar-refractivity contribution is -0.407. The van der Waals surface area contributed by atoms with E-state index in [0.717, 1.165) is 0 Å². The van der Waals surface area contributed by atoms with E-state index in [0.29, 0.717) is 0 Å². The summed E-state index contributed by atoms with van der Waals surface area (Å²) in [6.07, 6.45) is -6.99. The van der Waals surface area contributed by atoms with Gasteiger partial charge in [0.2, 0.25) is 0 Å². The van der Waals surface area contributed by atoms with Gasteiger partial charge in [0.25, 0.3) is 5.92 Å². The molecule has 1 nitrogen and oxygen atoms in total. The molecule has 22 heavy (non-hydrogen) atoms. The van der Waals surface area contributed by atoms with Gasteiger partial charge in [0.1, 0.15) is 0 Å². The van der Waals surface area contributed by atoms with Crippen molar-refractivity contribution in [2.24, 2.45) is 0 Å². The van der Waals surface area contributed by atoms with Crippen LogP contribution in [-0.2, 0) is 4.74 Å². The Kier molecular flexibility index (Phi) is 3.61. The average Bonchev–Trinajstić information content (AvgIpc) is 2.34. The Hall–Kier alpha value is -0.880. The lowest BCUT2D eigenvalue weighted by Gasteiger charge is -2.39. The second-order valence-corrected chi connectivity index (χ2v) is 4.80. The van der Waals surface area contributed by atoms with Crippen LogP contribution >= 0.6 is 0 Å². The topological polar surface area (TPSA) is 9.23 Å². The third kappa shape index (κ3) is 1.80. The average molecular weight is 358 g/mol. The largest absolute Gasteiger partial charge is 0.455 e. The van der Waals surface area contributed by atoms with Crippen molar-refractivity contribution < 1.29 is 57.4 Å². The van der Waals surface area contributed by atoms with E-state index in [1.807, 2.05) is 0 Å². The van der Waals surface area contributed by atoms with E-state index >= 15 is 0 Å². The Morgan fingerprint density at radius 3 is 1.18 bits per heavy atom. The summed E-state index contributed by atoms with van der Waals surface area (Å²) in [7, 11) is 0. The molecule has 13 heteroatoms. The smallest absolute Gasteiger partial charge is 0.288 e. The molecule has 0 spiro atoms. The summed E-state index contributed by atoms with van der Waals surface area (Å²) >= 11 is 0. The third-order valence-electron chi connectivity index (χ3n) is 3.10. The summed E-state index contributed by atoms with van der Waals surface area (Å²) in [6.45, 7) is -1.72. The van der Waals surface area contributed by atoms with E-state index in [2.05, 4.69) is 4.74 Å². The van der Waals surface area contributed by atoms with Gasteiger partial charge in [-0.3, -0.25) is 4.74 Å². The lowest BCUT2D eigenvalue weighted by Crippen LogP contribution is -2.70. The van der Waals surface area contributed by atoms with Crippen molar-refractivity contribution in [3.63, 3.8) is 0 Å². The van der Waals surface area contributed by atoms with Crippen LogP contribution in [0.15, 0.2) is 0 Å². The van der Waals surface area contributed by atoms with Crippen LogP contribution in [0.4, 0.5) is 52.7 Å². The fourth-order valence-corrected chi connectivity index (χ4v) is 1.94. The number of ether oxygens (including phenoxy) is 1. The van der Waals surface area contributed by atoms with Gasteiger partial charge >= 0.3 is 35.4 Å². The molecular formula is C9H6F12O. The summed E-state index contributed by atoms with van der Waals surface area (Å²) in [5, 5.41) is 0. The predicted octanol–water partition coefficient (Wildman–Crippen LogP) is 4.56. The molecule has 1 saturated heterocycles. The molecule has 0 saturated carbocycles. The summed E-state index contributed by atoms with van der Waals surface area (Å²) in [4.78, 5) is 0. The molecule has 0 radical (unpaired) electrons. The molecule has 0 aromatic carbocycles. The first-order chi connectivity index (χ1) is 9.21. The van der Waals surface area contributed by atoms with Crippen LogP contribution in [0.3, 0.4) is 0 Å². The van der Waals surface area contributed by atoms with Crippen LogP contribution < -0.4 is 0 Å². The van der Waals surface area contributed by atoms with Crippen LogP contribution in [0.25, 0.3) is 0 Å². The molecule has 0 amide bonds. The van der Waals surface area contributed by atoms with Crippen molar-refractivity contribution in [3.05, 3.63) is 0 Å². The maximum Gasteiger partial charge on any atom is 0.455 e. The third-order valence-corrected chi connectivity index (χ3v) is 3.10. The quantitative estimate of drug-likeness (QED) is 0.658. The normalized spacial score (nSPS) is 40.1. The Morgan fingerprint density at radius 1 is 0.636 bits per heavy atom. The molecule has 0 aromatic rings. The molecule has 0 aromatic heterocycles. The molecule has 1 aliphatic rings. The highest BCUT2D eigenvalue weighted by Crippen LogP contribution is 2.70. The zero-order valence-corrected chi connectivity index (χ0v) is 10.4. The Morgan fingerprint density at radius 2 is 1.00 bits per heavy atom. The molecule has 1 heterocycles. The van der Waals surface area contributed by atoms with Gasteiger partial charge in [0.05, 0.1) is 0 Å². The fraction of sp³-hybridized carbons (Fsp3) is 1.00. The van der Waals surface area contributed by atoms with Crippen molar-refractivity contribution in [2.75, 3.05) is 0 Å². The van der Waals surface area contributed by atoms with Crippen molar-refractivity contribution in [1.82, 2.24) is 0 Å². The lowest BCUT2D eigenvalue weighted by atomic mass is 9.81. The van der Waals surface area contributed by atoms with E-state index in [9.17, 15) is 52.7 Å². The minimum absolute atomic E-state index is 0.814. The molecule has 0 aliphatic carbocycles. The maximum atomic E-state index is 13.9. The van der Waals surface area contributed by atoms with Crippen molar-refractivity contribution in [3.8, 4) is 0 Å². The second-order valence-electron chi connectivity index (χ2n) is 4.80. The highest BCUT2D eigenvalue weighted by atomic mass is 19.4. The van der Waals surface area contributed by atoms with E-state index in [4.69, 9.17) is 0 Å². The first-order valence-corrected chi connectivity index (χ1v) is 5.18. The van der Waals surface area contributed by atoms with Gasteiger partial charge in [0, 0.05) is 13.8 Å². The van der Waals surface area contributed by atoms with Gasteiger partial charge in [-0.05, 0) is 0 Å². The molecule has 1 rings (SSSR count). The predicted molar refractivity (Wildman–Crippen MR) is 44.8 cm³/mol. The first-order valence-electron chi connectivity index (χ1n) is 5.18. The number of alkyl halides is 12. The van der Waals surface area contributed by atoms with Gasteiger partial charge in [-0.2, -0.15) is 26.3 Å². The number of rotatable bonds is 2. The van der Waals surface area contributed by atoms with Gasteiger partial charge in [-0.1, -0.05) is 0 Å². The summed E-state index contributed by atoms with van der Waals surface area (Å²) in [6, 6.07) is 0. The zero-order chi connectivity index (χ0) is 18.2. The van der Waals surface area contributed by atoms with E-state index in [1.54, 1.807) is 0 Å². The second kappa shape index (κ2) is 4.15. The van der Waals surface area contributed by atoms with Crippen LogP contribution in [0.2, 0.25) is 0 Å². The molecule has 1 fully saturated rings. The molecule has 0 bridgehead atoms. The van der Waals surface area contributed by atoms with Crippen LogP contribution in [0.5, 0.6) is 0 Å². The molecule has 0 N–H and O–H groups in total. The Bertz CT molecular complexity index is 461. The number of hydrogen-bond acceptors (Lipinski definition) is 1. The standard InChI is InChI=1S/C9H6F12O/c1-3(10,11)5(14)6(15,16)8(18,9(19,20)21)22-7(5,17)4(2,12)13/h1-2H3. The van der Waals surface area contributed by atoms with Gasteiger partial charge in [-0.25, -0.2) is 26.3 Å². The summed E-state index contributed by atoms with van der Waals surface area (Å²) < 4.78 is 159. The monoisotopic (exact) mass is 358 g/mol. The highest BCUT2D eigenvalue weighted by Gasteiger charge is 3.00. The van der Waals surface area contributed by atoms with Gasteiger partial charge in [-0.15, -0.1) is 0 Å². The molecule has 3 unspecified atom stereocenters. The summed E-state index contributed by atoms with van der Waals surface area (Å²) in [5.74, 6) is -31.6. The Labute approximate surface area is 114 Å². The van der Waals surface area contributed by atoms with Crippen molar-refractivity contribution in [2.45, 2.75) is 55.2 Å². The zero-order valence-electron chi connectivity index (χ0n) is 10.4. The fourth-order valence-electron chi connectivity index (χ4n) is 1.94. The minimum Gasteiger partial charge on any atom is -0.288 e. The maximum absolute atomic E-state index is 13.9. The number of hydrogen-bond donors (Lipinski definition) is 0. The van der Waals surface area contributed by atoms with Crippen LogP contribution in [0, 0.1) is 0 Å². The van der Waals surface area contributed by atoms with Crippen LogP contribution in [0.1, 0.15) is 13.8 Å². The van der Waals surface area contributed by atoms with Crippen molar-refractivity contribution in [1.29, 1.82) is 0 Å². The SMILES string of the molecule is CC(F)(F)C1(F)OC(F)(C(F)(F)F)C(F)(F)C1(F)C(C)(F)F. The van der Waals surface area contributed by atoms with E-state index in [-0.39, 0.29) is 0 Å². The molecular weight excluding hydrogens is 352 g/mol. The summed E-state index contributed by atoms with van der Waals surface area (Å²) in [5.41, 5.74) is -6.64. The van der Waals surface area contributed by atoms with Gasteiger partial charge in [0.15, 0.2) is 0 Å².